The van der Waals surface area contributed by atoms with Crippen molar-refractivity contribution in [3.63, 3.8) is 0 Å². The Bertz CT molecular complexity index is 748. The molecular formula is C19H25N3OS. The quantitative estimate of drug-likeness (QED) is 0.821. The highest BCUT2D eigenvalue weighted by Gasteiger charge is 2.23. The van der Waals surface area contributed by atoms with E-state index in [2.05, 4.69) is 11.1 Å². The number of thiophene rings is 1. The molecule has 0 atom stereocenters. The molecule has 1 aliphatic carbocycles. The third kappa shape index (κ3) is 3.18. The predicted octanol–water partition coefficient (Wildman–Crippen LogP) is 4.56. The van der Waals surface area contributed by atoms with Gasteiger partial charge in [-0.05, 0) is 44.6 Å². The molecule has 2 aromatic rings. The highest BCUT2D eigenvalue weighted by molar-refractivity contribution is 7.18. The summed E-state index contributed by atoms with van der Waals surface area (Å²) in [5, 5.41) is 1.17. The number of nitrogens with zero attached hydrogens (tertiary/aromatic N) is 3. The van der Waals surface area contributed by atoms with Gasteiger partial charge in [-0.25, -0.2) is 9.97 Å². The summed E-state index contributed by atoms with van der Waals surface area (Å²) in [6.07, 6.45) is 9.50. The van der Waals surface area contributed by atoms with E-state index in [0.29, 0.717) is 18.9 Å². The molecule has 2 aliphatic rings. The number of carbonyl (C=O) groups excluding carboxylic acids is 1. The Morgan fingerprint density at radius 1 is 1.17 bits per heavy atom. The molecular weight excluding hydrogens is 318 g/mol. The molecule has 4 rings (SSSR count). The average molecular weight is 343 g/mol. The van der Waals surface area contributed by atoms with E-state index in [9.17, 15) is 4.79 Å². The zero-order chi connectivity index (χ0) is 16.5. The van der Waals surface area contributed by atoms with Crippen molar-refractivity contribution in [2.45, 2.75) is 70.8 Å². The minimum absolute atomic E-state index is 0.272. The fraction of sp³-hybridized carbons (Fsp3) is 0.632. The van der Waals surface area contributed by atoms with Crippen LogP contribution >= 0.6 is 11.3 Å². The molecule has 128 valence electrons. The van der Waals surface area contributed by atoms with Crippen LogP contribution in [-0.2, 0) is 11.3 Å². The molecule has 0 radical (unpaired) electrons. The molecule has 0 unspecified atom stereocenters. The van der Waals surface area contributed by atoms with E-state index in [-0.39, 0.29) is 5.91 Å². The molecule has 2 fully saturated rings. The van der Waals surface area contributed by atoms with E-state index >= 15 is 0 Å². The number of aromatic nitrogens is 2. The van der Waals surface area contributed by atoms with E-state index in [1.54, 1.807) is 0 Å². The summed E-state index contributed by atoms with van der Waals surface area (Å²) < 4.78 is 0. The van der Waals surface area contributed by atoms with Crippen molar-refractivity contribution < 1.29 is 4.79 Å². The van der Waals surface area contributed by atoms with Crippen molar-refractivity contribution >= 4 is 27.5 Å². The van der Waals surface area contributed by atoms with Crippen molar-refractivity contribution in [1.82, 2.24) is 14.9 Å². The van der Waals surface area contributed by atoms with Gasteiger partial charge in [-0.2, -0.15) is 0 Å². The molecule has 0 N–H and O–H groups in total. The first-order valence-electron chi connectivity index (χ1n) is 9.25. The van der Waals surface area contributed by atoms with Crippen LogP contribution in [-0.4, -0.2) is 27.3 Å². The monoisotopic (exact) mass is 343 g/mol. The molecule has 0 aromatic carbocycles. The second kappa shape index (κ2) is 6.79. The third-order valence-corrected chi connectivity index (χ3v) is 6.56. The van der Waals surface area contributed by atoms with Crippen molar-refractivity contribution in [1.29, 1.82) is 0 Å². The maximum absolute atomic E-state index is 12.2. The van der Waals surface area contributed by atoms with Gasteiger partial charge in [0.15, 0.2) is 0 Å². The largest absolute Gasteiger partial charge is 0.337 e. The van der Waals surface area contributed by atoms with Crippen LogP contribution in [0.1, 0.15) is 73.7 Å². The molecule has 24 heavy (non-hydrogen) atoms. The molecule has 4 nitrogen and oxygen atoms in total. The van der Waals surface area contributed by atoms with Crippen LogP contribution in [0.25, 0.3) is 10.2 Å². The fourth-order valence-corrected chi connectivity index (χ4v) is 5.30. The second-order valence-electron chi connectivity index (χ2n) is 7.19. The Morgan fingerprint density at radius 2 is 2.00 bits per heavy atom. The Labute approximate surface area is 147 Å². The minimum Gasteiger partial charge on any atom is -0.337 e. The van der Waals surface area contributed by atoms with Crippen molar-refractivity contribution in [2.75, 3.05) is 6.54 Å². The number of hydrogen-bond acceptors (Lipinski definition) is 4. The molecule has 1 saturated carbocycles. The van der Waals surface area contributed by atoms with E-state index < -0.39 is 0 Å². The van der Waals surface area contributed by atoms with Gasteiger partial charge >= 0.3 is 0 Å². The lowest BCUT2D eigenvalue weighted by Gasteiger charge is -2.26. The molecule has 1 aliphatic heterocycles. The zero-order valence-electron chi connectivity index (χ0n) is 14.4. The number of rotatable bonds is 3. The zero-order valence-corrected chi connectivity index (χ0v) is 15.2. The predicted molar refractivity (Wildman–Crippen MR) is 97.2 cm³/mol. The van der Waals surface area contributed by atoms with Crippen molar-refractivity contribution in [3.05, 3.63) is 22.5 Å². The highest BCUT2D eigenvalue weighted by Crippen LogP contribution is 2.39. The molecule has 1 saturated heterocycles. The van der Waals surface area contributed by atoms with Crippen LogP contribution in [0, 0.1) is 6.92 Å². The number of piperidine rings is 1. The number of fused-ring (bicyclic) bond motifs is 1. The summed E-state index contributed by atoms with van der Waals surface area (Å²) in [5.74, 6) is 1.79. The standard InChI is InChI=1S/C19H25N3OS/c1-13-20-16(12-22-10-6-5-9-18(22)23)15-11-17(24-19(15)21-13)14-7-3-2-4-8-14/h11,14H,2-10,12H2,1H3. The van der Waals surface area contributed by atoms with Crippen LogP contribution in [0.3, 0.4) is 0 Å². The van der Waals surface area contributed by atoms with Crippen molar-refractivity contribution in [3.8, 4) is 0 Å². The Hall–Kier alpha value is -1.49. The summed E-state index contributed by atoms with van der Waals surface area (Å²) in [6.45, 7) is 3.46. The molecule has 0 spiro atoms. The molecule has 2 aromatic heterocycles. The lowest BCUT2D eigenvalue weighted by molar-refractivity contribution is -0.133. The highest BCUT2D eigenvalue weighted by atomic mass is 32.1. The van der Waals surface area contributed by atoms with E-state index in [0.717, 1.165) is 35.7 Å². The number of carbonyl (C=O) groups is 1. The van der Waals surface area contributed by atoms with E-state index in [1.165, 1.54) is 42.4 Å². The lowest BCUT2D eigenvalue weighted by atomic mass is 9.88. The molecule has 0 bridgehead atoms. The number of amides is 1. The average Bonchev–Trinajstić information content (AvgIpc) is 3.02. The summed E-state index contributed by atoms with van der Waals surface area (Å²) >= 11 is 1.84. The third-order valence-electron chi connectivity index (χ3n) is 5.37. The maximum atomic E-state index is 12.2. The number of hydrogen-bond donors (Lipinski definition) is 0. The Kier molecular flexibility index (Phi) is 4.53. The summed E-state index contributed by atoms with van der Waals surface area (Å²) in [6, 6.07) is 2.32. The van der Waals surface area contributed by atoms with Gasteiger partial charge in [0.1, 0.15) is 10.7 Å². The second-order valence-corrected chi connectivity index (χ2v) is 8.25. The fourth-order valence-electron chi connectivity index (χ4n) is 4.04. The molecule has 1 amide bonds. The first-order chi connectivity index (χ1) is 11.7. The van der Waals surface area contributed by atoms with Crippen LogP contribution in [0.4, 0.5) is 0 Å². The smallest absolute Gasteiger partial charge is 0.222 e. The number of likely N-dealkylation sites (tertiary alicyclic amines) is 1. The lowest BCUT2D eigenvalue weighted by Crippen LogP contribution is -2.35. The van der Waals surface area contributed by atoms with Gasteiger partial charge in [0.05, 0.1) is 12.2 Å². The maximum Gasteiger partial charge on any atom is 0.222 e. The van der Waals surface area contributed by atoms with Gasteiger partial charge in [-0.3, -0.25) is 4.79 Å². The topological polar surface area (TPSA) is 46.1 Å². The van der Waals surface area contributed by atoms with Gasteiger partial charge in [-0.15, -0.1) is 11.3 Å². The number of aryl methyl sites for hydroxylation is 1. The Morgan fingerprint density at radius 3 is 2.79 bits per heavy atom. The van der Waals surface area contributed by atoms with E-state index in [1.807, 2.05) is 23.2 Å². The Balaban J connectivity index is 1.66. The van der Waals surface area contributed by atoms with E-state index in [4.69, 9.17) is 4.98 Å². The van der Waals surface area contributed by atoms with Crippen LogP contribution in [0.2, 0.25) is 0 Å². The minimum atomic E-state index is 0.272. The van der Waals surface area contributed by atoms with Crippen LogP contribution in [0.15, 0.2) is 6.07 Å². The van der Waals surface area contributed by atoms with Gasteiger partial charge in [0, 0.05) is 23.2 Å². The van der Waals surface area contributed by atoms with Gasteiger partial charge < -0.3 is 4.90 Å². The first kappa shape index (κ1) is 16.0. The summed E-state index contributed by atoms with van der Waals surface area (Å²) in [5.41, 5.74) is 1.03. The van der Waals surface area contributed by atoms with Crippen LogP contribution in [0.5, 0.6) is 0 Å². The summed E-state index contributed by atoms with van der Waals surface area (Å²) in [7, 11) is 0. The molecule has 3 heterocycles. The normalized spacial score (nSPS) is 20.0. The van der Waals surface area contributed by atoms with Gasteiger partial charge in [0.25, 0.3) is 0 Å². The SMILES string of the molecule is Cc1nc(CN2CCCCC2=O)c2cc(C3CCCCC3)sc2n1. The first-order valence-corrected chi connectivity index (χ1v) is 10.1. The summed E-state index contributed by atoms with van der Waals surface area (Å²) in [4.78, 5) is 26.1. The van der Waals surface area contributed by atoms with Gasteiger partial charge in [-0.1, -0.05) is 19.3 Å². The van der Waals surface area contributed by atoms with Gasteiger partial charge in [0.2, 0.25) is 5.91 Å². The van der Waals surface area contributed by atoms with Crippen LogP contribution < -0.4 is 0 Å². The van der Waals surface area contributed by atoms with Crippen molar-refractivity contribution in [2.24, 2.45) is 0 Å². The molecule has 5 heteroatoms.